The van der Waals surface area contributed by atoms with Crippen LogP contribution in [0.4, 0.5) is 20.4 Å². The number of nitrogens with one attached hydrogen (secondary N) is 2. The van der Waals surface area contributed by atoms with E-state index in [1.54, 1.807) is 0 Å². The molecular weight excluding hydrogens is 326 g/mol. The number of rotatable bonds is 4. The van der Waals surface area contributed by atoms with Crippen LogP contribution in [0.1, 0.15) is 48.9 Å². The molecule has 0 unspecified atom stereocenters. The summed E-state index contributed by atoms with van der Waals surface area (Å²) in [5.74, 6) is -1.96. The molecule has 1 aliphatic carbocycles. The van der Waals surface area contributed by atoms with Gasteiger partial charge in [0.25, 0.3) is 5.91 Å². The van der Waals surface area contributed by atoms with Crippen LogP contribution < -0.4 is 10.6 Å². The Kier molecular flexibility index (Phi) is 5.53. The monoisotopic (exact) mass is 346 g/mol. The second-order valence-electron chi connectivity index (χ2n) is 6.21. The Morgan fingerprint density at radius 1 is 1.00 bits per heavy atom. The maximum absolute atomic E-state index is 13.2. The van der Waals surface area contributed by atoms with Crippen molar-refractivity contribution in [3.8, 4) is 0 Å². The summed E-state index contributed by atoms with van der Waals surface area (Å²) < 4.78 is 26.1. The van der Waals surface area contributed by atoms with Gasteiger partial charge in [-0.1, -0.05) is 25.7 Å². The smallest absolute Gasteiger partial charge is 0.258 e. The van der Waals surface area contributed by atoms with Gasteiger partial charge in [0, 0.05) is 30.2 Å². The predicted octanol–water partition coefficient (Wildman–Crippen LogP) is 4.14. The first-order valence-corrected chi connectivity index (χ1v) is 8.47. The normalized spacial score (nSPS) is 15.4. The van der Waals surface area contributed by atoms with Gasteiger partial charge >= 0.3 is 0 Å². The molecule has 0 spiro atoms. The van der Waals surface area contributed by atoms with Crippen LogP contribution in [0.2, 0.25) is 0 Å². The van der Waals surface area contributed by atoms with Gasteiger partial charge in [0.2, 0.25) is 5.95 Å². The van der Waals surface area contributed by atoms with E-state index >= 15 is 0 Å². The SMILES string of the molecule is O=C(Nc1ccc(F)c(F)c1)c1cnc(NC2CCCCCC2)nc1. The molecular formula is C18H20F2N4O. The molecule has 1 saturated carbocycles. The number of halogens is 2. The molecule has 0 aliphatic heterocycles. The zero-order valence-electron chi connectivity index (χ0n) is 13.8. The molecule has 7 heteroatoms. The van der Waals surface area contributed by atoms with Gasteiger partial charge in [0.15, 0.2) is 11.6 Å². The number of aromatic nitrogens is 2. The Hall–Kier alpha value is -2.57. The zero-order valence-corrected chi connectivity index (χ0v) is 13.8. The minimum atomic E-state index is -1.02. The lowest BCUT2D eigenvalue weighted by atomic mass is 10.1. The maximum Gasteiger partial charge on any atom is 0.258 e. The van der Waals surface area contributed by atoms with Gasteiger partial charge in [-0.05, 0) is 25.0 Å². The molecule has 1 amide bonds. The molecule has 2 N–H and O–H groups in total. The molecule has 1 aromatic heterocycles. The Morgan fingerprint density at radius 2 is 1.68 bits per heavy atom. The van der Waals surface area contributed by atoms with Crippen LogP contribution in [0.3, 0.4) is 0 Å². The number of benzene rings is 1. The van der Waals surface area contributed by atoms with Crippen molar-refractivity contribution in [2.45, 2.75) is 44.6 Å². The number of anilines is 2. The molecule has 1 aliphatic rings. The lowest BCUT2D eigenvalue weighted by molar-refractivity contribution is 0.102. The van der Waals surface area contributed by atoms with Crippen molar-refractivity contribution in [1.29, 1.82) is 0 Å². The molecule has 0 atom stereocenters. The summed E-state index contributed by atoms with van der Waals surface area (Å²) in [5, 5.41) is 5.79. The van der Waals surface area contributed by atoms with Crippen molar-refractivity contribution in [1.82, 2.24) is 9.97 Å². The number of hydrogen-bond acceptors (Lipinski definition) is 4. The Balaban J connectivity index is 1.60. The maximum atomic E-state index is 13.2. The van der Waals surface area contributed by atoms with E-state index in [0.29, 0.717) is 12.0 Å². The topological polar surface area (TPSA) is 66.9 Å². The summed E-state index contributed by atoms with van der Waals surface area (Å²) >= 11 is 0. The quantitative estimate of drug-likeness (QED) is 0.817. The average Bonchev–Trinajstić information content (AvgIpc) is 2.87. The summed E-state index contributed by atoms with van der Waals surface area (Å²) in [4.78, 5) is 20.5. The van der Waals surface area contributed by atoms with Crippen molar-refractivity contribution in [2.24, 2.45) is 0 Å². The molecule has 5 nitrogen and oxygen atoms in total. The van der Waals surface area contributed by atoms with E-state index in [0.717, 1.165) is 25.0 Å². The highest BCUT2D eigenvalue weighted by Crippen LogP contribution is 2.20. The highest BCUT2D eigenvalue weighted by Gasteiger charge is 2.14. The third-order valence-corrected chi connectivity index (χ3v) is 4.28. The average molecular weight is 346 g/mol. The summed E-state index contributed by atoms with van der Waals surface area (Å²) in [6.07, 6.45) is 9.97. The minimum Gasteiger partial charge on any atom is -0.351 e. The number of hydrogen-bond donors (Lipinski definition) is 2. The van der Waals surface area contributed by atoms with E-state index in [2.05, 4.69) is 20.6 Å². The fraction of sp³-hybridized carbons (Fsp3) is 0.389. The fourth-order valence-electron chi connectivity index (χ4n) is 2.90. The first kappa shape index (κ1) is 17.3. The third-order valence-electron chi connectivity index (χ3n) is 4.28. The van der Waals surface area contributed by atoms with Crippen LogP contribution in [-0.4, -0.2) is 21.9 Å². The summed E-state index contributed by atoms with van der Waals surface area (Å²) in [6, 6.07) is 3.54. The van der Waals surface area contributed by atoms with Crippen molar-refractivity contribution in [2.75, 3.05) is 10.6 Å². The van der Waals surface area contributed by atoms with Gasteiger partial charge in [-0.3, -0.25) is 4.79 Å². The van der Waals surface area contributed by atoms with E-state index in [4.69, 9.17) is 0 Å². The van der Waals surface area contributed by atoms with Crippen LogP contribution in [0.25, 0.3) is 0 Å². The number of carbonyl (C=O) groups excluding carboxylic acids is 1. The lowest BCUT2D eigenvalue weighted by Gasteiger charge is -2.15. The van der Waals surface area contributed by atoms with Crippen molar-refractivity contribution in [3.05, 3.63) is 47.8 Å². The minimum absolute atomic E-state index is 0.171. The fourth-order valence-corrected chi connectivity index (χ4v) is 2.90. The first-order chi connectivity index (χ1) is 12.1. The molecule has 132 valence electrons. The molecule has 1 fully saturated rings. The number of nitrogens with zero attached hydrogens (tertiary/aromatic N) is 2. The van der Waals surface area contributed by atoms with Gasteiger partial charge in [0.1, 0.15) is 0 Å². The van der Waals surface area contributed by atoms with Crippen molar-refractivity contribution in [3.63, 3.8) is 0 Å². The van der Waals surface area contributed by atoms with Gasteiger partial charge in [-0.25, -0.2) is 18.7 Å². The zero-order chi connectivity index (χ0) is 17.6. The van der Waals surface area contributed by atoms with Gasteiger partial charge in [-0.2, -0.15) is 0 Å². The highest BCUT2D eigenvalue weighted by atomic mass is 19.2. The molecule has 1 aromatic carbocycles. The van der Waals surface area contributed by atoms with Gasteiger partial charge in [0.05, 0.1) is 5.56 Å². The standard InChI is InChI=1S/C18H20F2N4O/c19-15-8-7-14(9-16(15)20)23-17(25)12-10-21-18(22-11-12)24-13-5-3-1-2-4-6-13/h7-11,13H,1-6H2,(H,23,25)(H,21,22,24). The number of amides is 1. The summed E-state index contributed by atoms with van der Waals surface area (Å²) in [7, 11) is 0. The molecule has 0 radical (unpaired) electrons. The largest absolute Gasteiger partial charge is 0.351 e. The predicted molar refractivity (Wildman–Crippen MR) is 91.5 cm³/mol. The molecule has 3 rings (SSSR count). The van der Waals surface area contributed by atoms with Crippen LogP contribution >= 0.6 is 0 Å². The van der Waals surface area contributed by atoms with E-state index in [1.165, 1.54) is 44.1 Å². The van der Waals surface area contributed by atoms with Gasteiger partial charge in [-0.15, -0.1) is 0 Å². The van der Waals surface area contributed by atoms with Crippen molar-refractivity contribution >= 4 is 17.5 Å². The highest BCUT2D eigenvalue weighted by molar-refractivity contribution is 6.03. The second-order valence-corrected chi connectivity index (χ2v) is 6.21. The summed E-state index contributed by atoms with van der Waals surface area (Å²) in [6.45, 7) is 0. The molecule has 25 heavy (non-hydrogen) atoms. The molecule has 1 heterocycles. The van der Waals surface area contributed by atoms with Crippen molar-refractivity contribution < 1.29 is 13.6 Å². The van der Waals surface area contributed by atoms with E-state index < -0.39 is 17.5 Å². The molecule has 2 aromatic rings. The first-order valence-electron chi connectivity index (χ1n) is 8.47. The van der Waals surface area contributed by atoms with E-state index in [-0.39, 0.29) is 11.3 Å². The second kappa shape index (κ2) is 8.00. The summed E-state index contributed by atoms with van der Waals surface area (Å²) in [5.41, 5.74) is 0.417. The molecule has 0 bridgehead atoms. The van der Waals surface area contributed by atoms with Crippen LogP contribution in [0, 0.1) is 11.6 Å². The number of carbonyl (C=O) groups is 1. The van der Waals surface area contributed by atoms with Crippen LogP contribution in [-0.2, 0) is 0 Å². The Morgan fingerprint density at radius 3 is 2.32 bits per heavy atom. The lowest BCUT2D eigenvalue weighted by Crippen LogP contribution is -2.20. The van der Waals surface area contributed by atoms with Gasteiger partial charge < -0.3 is 10.6 Å². The van der Waals surface area contributed by atoms with E-state index in [9.17, 15) is 13.6 Å². The van der Waals surface area contributed by atoms with Crippen LogP contribution in [0.15, 0.2) is 30.6 Å². The van der Waals surface area contributed by atoms with Crippen LogP contribution in [0.5, 0.6) is 0 Å². The Labute approximate surface area is 144 Å². The Bertz CT molecular complexity index is 728. The molecule has 0 saturated heterocycles. The third kappa shape index (κ3) is 4.71. The van der Waals surface area contributed by atoms with E-state index in [1.807, 2.05) is 0 Å².